The summed E-state index contributed by atoms with van der Waals surface area (Å²) < 4.78 is 20.5. The van der Waals surface area contributed by atoms with E-state index in [9.17, 15) is 14.7 Å². The predicted octanol–water partition coefficient (Wildman–Crippen LogP) is 2.62. The number of phenolic OH excluding ortho intramolecular Hbond substituents is 1. The lowest BCUT2D eigenvalue weighted by molar-refractivity contribution is -0.134. The first-order valence-corrected chi connectivity index (χ1v) is 8.96. The van der Waals surface area contributed by atoms with Crippen molar-refractivity contribution in [3.63, 3.8) is 0 Å². The fourth-order valence-electron chi connectivity index (χ4n) is 2.68. The molecule has 0 heterocycles. The summed E-state index contributed by atoms with van der Waals surface area (Å²) in [5, 5.41) is 9.90. The Kier molecular flexibility index (Phi) is 7.70. The minimum absolute atomic E-state index is 0.0402. The summed E-state index contributed by atoms with van der Waals surface area (Å²) in [5.41, 5.74) is 0.804. The Labute approximate surface area is 169 Å². The molecule has 0 atom stereocenters. The van der Waals surface area contributed by atoms with E-state index < -0.39 is 12.6 Å². The minimum Gasteiger partial charge on any atom is -0.507 e. The van der Waals surface area contributed by atoms with Crippen LogP contribution in [0, 0.1) is 0 Å². The smallest absolute Gasteiger partial charge is 0.342 e. The maximum Gasteiger partial charge on any atom is 0.342 e. The van der Waals surface area contributed by atoms with Crippen molar-refractivity contribution < 1.29 is 33.6 Å². The van der Waals surface area contributed by atoms with Crippen molar-refractivity contribution in [2.75, 3.05) is 34.5 Å². The molecule has 0 bridgehead atoms. The molecule has 0 spiro atoms. The van der Waals surface area contributed by atoms with Gasteiger partial charge in [-0.25, -0.2) is 4.79 Å². The molecule has 0 fully saturated rings. The van der Waals surface area contributed by atoms with Crippen LogP contribution in [0.3, 0.4) is 0 Å². The van der Waals surface area contributed by atoms with Crippen LogP contribution < -0.4 is 14.2 Å². The molecule has 8 nitrogen and oxygen atoms in total. The monoisotopic (exact) mass is 403 g/mol. The number of nitrogens with zero attached hydrogens (tertiary/aromatic N) is 1. The van der Waals surface area contributed by atoms with Crippen LogP contribution in [0.4, 0.5) is 0 Å². The van der Waals surface area contributed by atoms with E-state index in [1.54, 1.807) is 31.3 Å². The van der Waals surface area contributed by atoms with E-state index in [4.69, 9.17) is 18.9 Å². The number of phenols is 1. The van der Waals surface area contributed by atoms with Crippen LogP contribution in [0.5, 0.6) is 23.0 Å². The summed E-state index contributed by atoms with van der Waals surface area (Å²) in [6.07, 6.45) is 0. The molecule has 29 heavy (non-hydrogen) atoms. The van der Waals surface area contributed by atoms with Crippen LogP contribution in [-0.4, -0.2) is 56.4 Å². The highest BCUT2D eigenvalue weighted by atomic mass is 16.5. The quantitative estimate of drug-likeness (QED) is 0.643. The second kappa shape index (κ2) is 10.2. The van der Waals surface area contributed by atoms with Crippen LogP contribution in [0.2, 0.25) is 0 Å². The van der Waals surface area contributed by atoms with Crippen molar-refractivity contribution in [1.82, 2.24) is 4.90 Å². The van der Waals surface area contributed by atoms with Crippen molar-refractivity contribution in [2.24, 2.45) is 0 Å². The minimum atomic E-state index is -0.791. The average molecular weight is 403 g/mol. The normalized spacial score (nSPS) is 10.2. The van der Waals surface area contributed by atoms with Crippen LogP contribution in [0.1, 0.15) is 22.8 Å². The Morgan fingerprint density at radius 2 is 1.69 bits per heavy atom. The molecular weight excluding hydrogens is 378 g/mol. The number of rotatable bonds is 9. The molecule has 2 aromatic carbocycles. The summed E-state index contributed by atoms with van der Waals surface area (Å²) in [4.78, 5) is 26.2. The molecule has 0 aliphatic rings. The number of likely N-dealkylation sites (N-methyl/N-ethyl adjacent to an activating group) is 1. The topological polar surface area (TPSA) is 94.5 Å². The Balaban J connectivity index is 2.00. The van der Waals surface area contributed by atoms with Gasteiger partial charge in [0.05, 0.1) is 21.3 Å². The first-order valence-electron chi connectivity index (χ1n) is 8.96. The number of benzene rings is 2. The molecule has 2 aromatic rings. The van der Waals surface area contributed by atoms with E-state index in [0.29, 0.717) is 30.3 Å². The number of amides is 1. The number of carbonyl (C=O) groups is 2. The van der Waals surface area contributed by atoms with E-state index in [1.165, 1.54) is 25.3 Å². The second-order valence-corrected chi connectivity index (χ2v) is 6.06. The van der Waals surface area contributed by atoms with Crippen LogP contribution in [0.25, 0.3) is 0 Å². The highest BCUT2D eigenvalue weighted by Gasteiger charge is 2.18. The van der Waals surface area contributed by atoms with E-state index >= 15 is 0 Å². The standard InChI is InChI=1S/C21H25NO7/c1-5-22(12-14-6-9-18(27-3)19(10-14)28-4)20(24)13-29-21(25)16-8-7-15(26-2)11-17(16)23/h6-11,23H,5,12-13H2,1-4H3. The van der Waals surface area contributed by atoms with Gasteiger partial charge >= 0.3 is 5.97 Å². The SMILES string of the molecule is CCN(Cc1ccc(OC)c(OC)c1)C(=O)COC(=O)c1ccc(OC)cc1O. The third kappa shape index (κ3) is 5.54. The molecule has 2 rings (SSSR count). The van der Waals surface area contributed by atoms with Crippen molar-refractivity contribution in [3.8, 4) is 23.0 Å². The van der Waals surface area contributed by atoms with Gasteiger partial charge in [0.15, 0.2) is 18.1 Å². The molecule has 0 saturated heterocycles. The van der Waals surface area contributed by atoms with Gasteiger partial charge in [0.2, 0.25) is 0 Å². The van der Waals surface area contributed by atoms with Crippen molar-refractivity contribution in [3.05, 3.63) is 47.5 Å². The first kappa shape index (κ1) is 21.9. The summed E-state index contributed by atoms with van der Waals surface area (Å²) in [6, 6.07) is 9.58. The number of ether oxygens (including phenoxy) is 4. The van der Waals surface area contributed by atoms with Crippen molar-refractivity contribution >= 4 is 11.9 Å². The van der Waals surface area contributed by atoms with Gasteiger partial charge in [-0.05, 0) is 36.8 Å². The molecule has 0 unspecified atom stereocenters. The lowest BCUT2D eigenvalue weighted by Crippen LogP contribution is -2.34. The molecule has 0 aliphatic carbocycles. The predicted molar refractivity (Wildman–Crippen MR) is 106 cm³/mol. The van der Waals surface area contributed by atoms with Crippen LogP contribution >= 0.6 is 0 Å². The second-order valence-electron chi connectivity index (χ2n) is 6.06. The van der Waals surface area contributed by atoms with Crippen molar-refractivity contribution in [1.29, 1.82) is 0 Å². The molecule has 8 heteroatoms. The largest absolute Gasteiger partial charge is 0.507 e. The number of hydrogen-bond acceptors (Lipinski definition) is 7. The van der Waals surface area contributed by atoms with Crippen LogP contribution in [0.15, 0.2) is 36.4 Å². The highest BCUT2D eigenvalue weighted by molar-refractivity contribution is 5.94. The maximum atomic E-state index is 12.5. The zero-order chi connectivity index (χ0) is 21.4. The summed E-state index contributed by atoms with van der Waals surface area (Å²) in [6.45, 7) is 2.14. The third-order valence-corrected chi connectivity index (χ3v) is 4.31. The summed E-state index contributed by atoms with van der Waals surface area (Å²) in [5.74, 6) is 0.139. The molecule has 1 amide bonds. The number of methoxy groups -OCH3 is 3. The summed E-state index contributed by atoms with van der Waals surface area (Å²) >= 11 is 0. The molecule has 0 aliphatic heterocycles. The van der Waals surface area contributed by atoms with Gasteiger partial charge in [-0.3, -0.25) is 4.79 Å². The Hall–Kier alpha value is -3.42. The van der Waals surface area contributed by atoms with Gasteiger partial charge in [0.1, 0.15) is 17.1 Å². The number of hydrogen-bond donors (Lipinski definition) is 1. The molecule has 0 saturated carbocycles. The van der Waals surface area contributed by atoms with Gasteiger partial charge < -0.3 is 29.0 Å². The van der Waals surface area contributed by atoms with Gasteiger partial charge in [0, 0.05) is 19.2 Å². The number of carbonyl (C=O) groups excluding carboxylic acids is 2. The molecule has 1 N–H and O–H groups in total. The van der Waals surface area contributed by atoms with Gasteiger partial charge in [-0.15, -0.1) is 0 Å². The van der Waals surface area contributed by atoms with E-state index in [-0.39, 0.29) is 17.2 Å². The van der Waals surface area contributed by atoms with Gasteiger partial charge in [-0.1, -0.05) is 6.07 Å². The highest BCUT2D eigenvalue weighted by Crippen LogP contribution is 2.28. The third-order valence-electron chi connectivity index (χ3n) is 4.31. The maximum absolute atomic E-state index is 12.5. The van der Waals surface area contributed by atoms with E-state index in [2.05, 4.69) is 0 Å². The van der Waals surface area contributed by atoms with Gasteiger partial charge in [0.25, 0.3) is 5.91 Å². The summed E-state index contributed by atoms with van der Waals surface area (Å²) in [7, 11) is 4.54. The van der Waals surface area contributed by atoms with Crippen LogP contribution in [-0.2, 0) is 16.1 Å². The Morgan fingerprint density at radius 3 is 2.28 bits per heavy atom. The number of aromatic hydroxyl groups is 1. The Morgan fingerprint density at radius 1 is 0.966 bits per heavy atom. The number of esters is 1. The molecule has 156 valence electrons. The fraction of sp³-hybridized carbons (Fsp3) is 0.333. The first-order chi connectivity index (χ1) is 13.9. The fourth-order valence-corrected chi connectivity index (χ4v) is 2.68. The zero-order valence-electron chi connectivity index (χ0n) is 16.9. The lowest BCUT2D eigenvalue weighted by atomic mass is 10.2. The molecule has 0 radical (unpaired) electrons. The lowest BCUT2D eigenvalue weighted by Gasteiger charge is -2.21. The van der Waals surface area contributed by atoms with E-state index in [0.717, 1.165) is 5.56 Å². The van der Waals surface area contributed by atoms with E-state index in [1.807, 2.05) is 13.0 Å². The Bertz CT molecular complexity index is 866. The van der Waals surface area contributed by atoms with Gasteiger partial charge in [-0.2, -0.15) is 0 Å². The van der Waals surface area contributed by atoms with Crippen molar-refractivity contribution in [2.45, 2.75) is 13.5 Å². The molecule has 0 aromatic heterocycles. The average Bonchev–Trinajstić information content (AvgIpc) is 2.75. The molecular formula is C21H25NO7. The zero-order valence-corrected chi connectivity index (χ0v) is 16.9.